The van der Waals surface area contributed by atoms with Gasteiger partial charge in [-0.05, 0) is 44.5 Å². The number of carbonyl (C=O) groups excluding carboxylic acids is 1. The molecule has 0 saturated heterocycles. The molecule has 112 valence electrons. The van der Waals surface area contributed by atoms with Crippen molar-refractivity contribution < 1.29 is 9.18 Å². The monoisotopic (exact) mass is 288 g/mol. The van der Waals surface area contributed by atoms with E-state index in [9.17, 15) is 9.18 Å². The van der Waals surface area contributed by atoms with Gasteiger partial charge in [-0.25, -0.2) is 4.39 Å². The highest BCUT2D eigenvalue weighted by molar-refractivity contribution is 5.99. The number of aryl methyl sites for hydroxylation is 1. The summed E-state index contributed by atoms with van der Waals surface area (Å²) in [5.74, 6) is -0.120. The van der Waals surface area contributed by atoms with Gasteiger partial charge in [-0.3, -0.25) is 4.79 Å². The maximum Gasteiger partial charge on any atom is 0.178 e. The van der Waals surface area contributed by atoms with Crippen LogP contribution < -0.4 is 5.32 Å². The van der Waals surface area contributed by atoms with E-state index in [4.69, 9.17) is 0 Å². The minimum Gasteiger partial charge on any atom is -0.351 e. The predicted octanol–water partition coefficient (Wildman–Crippen LogP) is 2.80. The maximum absolute atomic E-state index is 13.4. The van der Waals surface area contributed by atoms with E-state index in [0.29, 0.717) is 18.5 Å². The van der Waals surface area contributed by atoms with Gasteiger partial charge in [-0.15, -0.1) is 0 Å². The number of ketones is 1. The molecule has 0 aliphatic carbocycles. The minimum atomic E-state index is -0.194. The van der Waals surface area contributed by atoms with Crippen LogP contribution in [0, 0.1) is 19.7 Å². The number of rotatable bonds is 6. The Morgan fingerprint density at radius 3 is 2.62 bits per heavy atom. The fourth-order valence-corrected chi connectivity index (χ4v) is 2.36. The van der Waals surface area contributed by atoms with Crippen molar-refractivity contribution >= 4 is 5.78 Å². The number of aromatic nitrogens is 1. The first kappa shape index (κ1) is 15.4. The Morgan fingerprint density at radius 1 is 1.29 bits per heavy atom. The first-order valence-electron chi connectivity index (χ1n) is 7.11. The Morgan fingerprint density at radius 2 is 2.00 bits per heavy atom. The van der Waals surface area contributed by atoms with Crippen LogP contribution in [-0.4, -0.2) is 23.4 Å². The molecular formula is C17H21FN2O. The standard InChI is InChI=1S/C17H21FN2O/c1-12-10-15(13(2)20(12)3)17(21)11-19-9-8-14-6-4-5-7-16(14)18/h4-7,10,19H,8-9,11H2,1-3H3. The van der Waals surface area contributed by atoms with Crippen LogP contribution in [0.15, 0.2) is 30.3 Å². The average Bonchev–Trinajstić information content (AvgIpc) is 2.73. The molecule has 0 aliphatic rings. The summed E-state index contributed by atoms with van der Waals surface area (Å²) in [6.07, 6.45) is 0.576. The summed E-state index contributed by atoms with van der Waals surface area (Å²) in [5.41, 5.74) is 3.48. The van der Waals surface area contributed by atoms with Crippen LogP contribution in [0.5, 0.6) is 0 Å². The second-order valence-corrected chi connectivity index (χ2v) is 5.29. The van der Waals surface area contributed by atoms with Gasteiger partial charge in [-0.1, -0.05) is 18.2 Å². The Kier molecular flexibility index (Phi) is 4.91. The molecule has 2 aromatic rings. The Bertz CT molecular complexity index is 646. The fourth-order valence-electron chi connectivity index (χ4n) is 2.36. The third-order valence-electron chi connectivity index (χ3n) is 3.89. The molecule has 0 amide bonds. The summed E-state index contributed by atoms with van der Waals surface area (Å²) in [6.45, 7) is 4.78. The van der Waals surface area contributed by atoms with Crippen molar-refractivity contribution in [3.63, 3.8) is 0 Å². The van der Waals surface area contributed by atoms with Crippen molar-refractivity contribution in [2.45, 2.75) is 20.3 Å². The van der Waals surface area contributed by atoms with Gasteiger partial charge in [0, 0.05) is 24.0 Å². The van der Waals surface area contributed by atoms with E-state index < -0.39 is 0 Å². The molecule has 3 nitrogen and oxygen atoms in total. The molecule has 1 aromatic heterocycles. The Hall–Kier alpha value is -1.94. The second-order valence-electron chi connectivity index (χ2n) is 5.29. The van der Waals surface area contributed by atoms with Crippen molar-refractivity contribution in [3.8, 4) is 0 Å². The third kappa shape index (κ3) is 3.58. The zero-order chi connectivity index (χ0) is 15.4. The van der Waals surface area contributed by atoms with Crippen molar-refractivity contribution in [1.82, 2.24) is 9.88 Å². The highest BCUT2D eigenvalue weighted by Gasteiger charge is 2.13. The normalized spacial score (nSPS) is 10.9. The van der Waals surface area contributed by atoms with Crippen molar-refractivity contribution in [2.75, 3.05) is 13.1 Å². The second kappa shape index (κ2) is 6.68. The number of carbonyl (C=O) groups is 1. The molecule has 0 unspecified atom stereocenters. The number of nitrogens with zero attached hydrogens (tertiary/aromatic N) is 1. The fraction of sp³-hybridized carbons (Fsp3) is 0.353. The SMILES string of the molecule is Cc1cc(C(=O)CNCCc2ccccc2F)c(C)n1C. The highest BCUT2D eigenvalue weighted by atomic mass is 19.1. The van der Waals surface area contributed by atoms with Crippen molar-refractivity contribution in [1.29, 1.82) is 0 Å². The topological polar surface area (TPSA) is 34.0 Å². The molecule has 0 saturated carbocycles. The first-order chi connectivity index (χ1) is 10.0. The number of Topliss-reactive ketones (excluding diaryl/α,β-unsaturated/α-hetero) is 1. The molecule has 21 heavy (non-hydrogen) atoms. The summed E-state index contributed by atoms with van der Waals surface area (Å²) in [6, 6.07) is 8.63. The first-order valence-corrected chi connectivity index (χ1v) is 7.11. The van der Waals surface area contributed by atoms with Crippen LogP contribution in [0.3, 0.4) is 0 Å². The lowest BCUT2D eigenvalue weighted by Crippen LogP contribution is -2.25. The molecule has 0 radical (unpaired) electrons. The predicted molar refractivity (Wildman–Crippen MR) is 82.2 cm³/mol. The van der Waals surface area contributed by atoms with E-state index in [-0.39, 0.29) is 18.1 Å². The molecule has 2 rings (SSSR count). The number of hydrogen-bond donors (Lipinski definition) is 1. The summed E-state index contributed by atoms with van der Waals surface area (Å²) >= 11 is 0. The quantitative estimate of drug-likeness (QED) is 0.655. The van der Waals surface area contributed by atoms with E-state index >= 15 is 0 Å². The summed E-state index contributed by atoms with van der Waals surface area (Å²) in [7, 11) is 1.95. The van der Waals surface area contributed by atoms with Gasteiger partial charge in [0.1, 0.15) is 5.82 Å². The Balaban J connectivity index is 1.85. The molecule has 0 spiro atoms. The molecule has 4 heteroatoms. The third-order valence-corrected chi connectivity index (χ3v) is 3.89. The van der Waals surface area contributed by atoms with Crippen molar-refractivity contribution in [2.24, 2.45) is 7.05 Å². The van der Waals surface area contributed by atoms with E-state index in [1.165, 1.54) is 6.07 Å². The van der Waals surface area contributed by atoms with E-state index in [2.05, 4.69) is 5.32 Å². The van der Waals surface area contributed by atoms with Crippen LogP contribution in [0.2, 0.25) is 0 Å². The van der Waals surface area contributed by atoms with Crippen LogP contribution in [0.1, 0.15) is 27.3 Å². The summed E-state index contributed by atoms with van der Waals surface area (Å²) in [5, 5.41) is 3.09. The molecule has 0 fully saturated rings. The number of benzene rings is 1. The lowest BCUT2D eigenvalue weighted by molar-refractivity contribution is 0.0990. The zero-order valence-electron chi connectivity index (χ0n) is 12.7. The van der Waals surface area contributed by atoms with Crippen LogP contribution in [-0.2, 0) is 13.5 Å². The van der Waals surface area contributed by atoms with Crippen LogP contribution in [0.25, 0.3) is 0 Å². The van der Waals surface area contributed by atoms with E-state index in [1.54, 1.807) is 12.1 Å². The van der Waals surface area contributed by atoms with Crippen LogP contribution >= 0.6 is 0 Å². The molecule has 1 aromatic carbocycles. The van der Waals surface area contributed by atoms with Gasteiger partial charge < -0.3 is 9.88 Å². The van der Waals surface area contributed by atoms with Gasteiger partial charge in [0.15, 0.2) is 5.78 Å². The van der Waals surface area contributed by atoms with E-state index in [1.807, 2.05) is 37.6 Å². The maximum atomic E-state index is 13.4. The number of halogens is 1. The lowest BCUT2D eigenvalue weighted by atomic mass is 10.1. The van der Waals surface area contributed by atoms with Crippen LogP contribution in [0.4, 0.5) is 4.39 Å². The smallest absolute Gasteiger partial charge is 0.178 e. The Labute approximate surface area is 124 Å². The number of nitrogens with one attached hydrogen (secondary N) is 1. The molecule has 0 atom stereocenters. The molecule has 0 bridgehead atoms. The number of hydrogen-bond acceptors (Lipinski definition) is 2. The molecule has 0 aliphatic heterocycles. The van der Waals surface area contributed by atoms with E-state index in [0.717, 1.165) is 17.0 Å². The minimum absolute atomic E-state index is 0.0738. The van der Waals surface area contributed by atoms with Gasteiger partial charge >= 0.3 is 0 Å². The molecular weight excluding hydrogens is 267 g/mol. The van der Waals surface area contributed by atoms with Gasteiger partial charge in [0.2, 0.25) is 0 Å². The highest BCUT2D eigenvalue weighted by Crippen LogP contribution is 2.13. The van der Waals surface area contributed by atoms with Gasteiger partial charge in [0.25, 0.3) is 0 Å². The molecule has 1 heterocycles. The van der Waals surface area contributed by atoms with Gasteiger partial charge in [-0.2, -0.15) is 0 Å². The summed E-state index contributed by atoms with van der Waals surface area (Å²) in [4.78, 5) is 12.2. The summed E-state index contributed by atoms with van der Waals surface area (Å²) < 4.78 is 15.4. The largest absolute Gasteiger partial charge is 0.351 e. The molecule has 1 N–H and O–H groups in total. The lowest BCUT2D eigenvalue weighted by Gasteiger charge is -2.06. The zero-order valence-corrected chi connectivity index (χ0v) is 12.7. The van der Waals surface area contributed by atoms with Crippen molar-refractivity contribution in [3.05, 3.63) is 58.7 Å². The van der Waals surface area contributed by atoms with Gasteiger partial charge in [0.05, 0.1) is 6.54 Å². The average molecular weight is 288 g/mol.